The van der Waals surface area contributed by atoms with E-state index in [1.165, 1.54) is 4.90 Å². The molecule has 0 aromatic heterocycles. The van der Waals surface area contributed by atoms with Gasteiger partial charge in [-0.05, 0) is 60.9 Å². The van der Waals surface area contributed by atoms with E-state index < -0.39 is 0 Å². The molecule has 2 aromatic carbocycles. The average molecular weight is 386 g/mol. The molecule has 3 rings (SSSR count). The Bertz CT molecular complexity index is 876. The fraction of sp³-hybridized carbons (Fsp3) is 0.286. The number of ketones is 1. The van der Waals surface area contributed by atoms with Gasteiger partial charge >= 0.3 is 0 Å². The molecule has 6 heteroatoms. The van der Waals surface area contributed by atoms with Gasteiger partial charge in [0, 0.05) is 35.5 Å². The quantitative estimate of drug-likeness (QED) is 0.735. The van der Waals surface area contributed by atoms with Crippen LogP contribution in [0.1, 0.15) is 45.5 Å². The molecule has 27 heavy (non-hydrogen) atoms. The number of methoxy groups -OCH3 is 1. The molecular formula is C21H20ClNO4. The fourth-order valence-electron chi connectivity index (χ4n) is 3.18. The van der Waals surface area contributed by atoms with E-state index in [1.807, 2.05) is 0 Å². The lowest BCUT2D eigenvalue weighted by Crippen LogP contribution is -2.38. The van der Waals surface area contributed by atoms with Crippen LogP contribution in [-0.4, -0.2) is 36.2 Å². The molecular weight excluding hydrogens is 366 g/mol. The minimum Gasteiger partial charge on any atom is -0.497 e. The zero-order valence-corrected chi connectivity index (χ0v) is 15.8. The predicted octanol–water partition coefficient (Wildman–Crippen LogP) is 3.93. The first kappa shape index (κ1) is 19.1. The van der Waals surface area contributed by atoms with Crippen LogP contribution in [-0.2, 0) is 11.2 Å². The summed E-state index contributed by atoms with van der Waals surface area (Å²) in [4.78, 5) is 39.2. The summed E-state index contributed by atoms with van der Waals surface area (Å²) in [6, 6.07) is 11.7. The highest BCUT2D eigenvalue weighted by Crippen LogP contribution is 2.22. The highest BCUT2D eigenvalue weighted by atomic mass is 35.5. The second-order valence-electron chi connectivity index (χ2n) is 6.41. The van der Waals surface area contributed by atoms with Gasteiger partial charge in [0.2, 0.25) is 5.91 Å². The number of carbonyl (C=O) groups excluding carboxylic acids is 3. The number of rotatable bonds is 2. The number of imide groups is 1. The van der Waals surface area contributed by atoms with Crippen LogP contribution in [0.25, 0.3) is 0 Å². The highest BCUT2D eigenvalue weighted by molar-refractivity contribution is 6.30. The number of carbonyl (C=O) groups is 3. The van der Waals surface area contributed by atoms with Gasteiger partial charge in [-0.1, -0.05) is 11.6 Å². The van der Waals surface area contributed by atoms with E-state index in [0.29, 0.717) is 34.7 Å². The van der Waals surface area contributed by atoms with Crippen LogP contribution in [0.5, 0.6) is 5.75 Å². The molecule has 0 N–H and O–H groups in total. The molecule has 1 aliphatic rings. The molecule has 0 saturated carbocycles. The lowest BCUT2D eigenvalue weighted by Gasteiger charge is -2.23. The topological polar surface area (TPSA) is 63.7 Å². The van der Waals surface area contributed by atoms with Crippen molar-refractivity contribution >= 4 is 29.2 Å². The van der Waals surface area contributed by atoms with Crippen molar-refractivity contribution in [3.8, 4) is 5.75 Å². The zero-order chi connectivity index (χ0) is 19.4. The Morgan fingerprint density at radius 3 is 2.48 bits per heavy atom. The van der Waals surface area contributed by atoms with Gasteiger partial charge in [-0.25, -0.2) is 0 Å². The van der Waals surface area contributed by atoms with E-state index >= 15 is 0 Å². The van der Waals surface area contributed by atoms with Crippen molar-refractivity contribution in [2.75, 3.05) is 13.7 Å². The van der Waals surface area contributed by atoms with Crippen LogP contribution < -0.4 is 4.74 Å². The summed E-state index contributed by atoms with van der Waals surface area (Å²) in [5.74, 6) is 0.0314. The van der Waals surface area contributed by atoms with Crippen molar-refractivity contribution in [1.82, 2.24) is 4.90 Å². The van der Waals surface area contributed by atoms with E-state index in [2.05, 4.69) is 0 Å². The summed E-state index contributed by atoms with van der Waals surface area (Å²) in [6.45, 7) is 0.221. The molecule has 140 valence electrons. The number of ether oxygens (including phenoxy) is 1. The number of fused-ring (bicyclic) bond motifs is 1. The summed E-state index contributed by atoms with van der Waals surface area (Å²) in [7, 11) is 1.55. The number of aryl methyl sites for hydroxylation is 1. The minimum atomic E-state index is -0.359. The molecule has 1 aliphatic heterocycles. The number of halogens is 1. The Kier molecular flexibility index (Phi) is 5.91. The molecule has 1 heterocycles. The lowest BCUT2D eigenvalue weighted by molar-refractivity contribution is -0.128. The summed E-state index contributed by atoms with van der Waals surface area (Å²) < 4.78 is 5.10. The van der Waals surface area contributed by atoms with Crippen molar-refractivity contribution in [2.45, 2.75) is 25.7 Å². The van der Waals surface area contributed by atoms with Crippen molar-refractivity contribution in [2.24, 2.45) is 0 Å². The Labute approximate surface area is 162 Å². The first-order valence-corrected chi connectivity index (χ1v) is 9.18. The maximum atomic E-state index is 12.8. The van der Waals surface area contributed by atoms with E-state index in [-0.39, 0.29) is 37.0 Å². The van der Waals surface area contributed by atoms with Crippen molar-refractivity contribution < 1.29 is 19.1 Å². The van der Waals surface area contributed by atoms with Gasteiger partial charge < -0.3 is 4.74 Å². The molecule has 0 radical (unpaired) electrons. The number of nitrogens with zero attached hydrogens (tertiary/aromatic N) is 1. The molecule has 0 unspecified atom stereocenters. The molecule has 2 aromatic rings. The molecule has 0 saturated heterocycles. The fourth-order valence-corrected chi connectivity index (χ4v) is 3.37. The number of hydrogen-bond acceptors (Lipinski definition) is 4. The third-order valence-electron chi connectivity index (χ3n) is 4.64. The molecule has 5 nitrogen and oxygen atoms in total. The third-order valence-corrected chi connectivity index (χ3v) is 4.88. The van der Waals surface area contributed by atoms with Gasteiger partial charge in [0.15, 0.2) is 5.78 Å². The van der Waals surface area contributed by atoms with Gasteiger partial charge in [0.25, 0.3) is 5.91 Å². The van der Waals surface area contributed by atoms with Crippen molar-refractivity contribution in [1.29, 1.82) is 0 Å². The monoisotopic (exact) mass is 385 g/mol. The minimum absolute atomic E-state index is 0.00728. The first-order valence-electron chi connectivity index (χ1n) is 8.80. The van der Waals surface area contributed by atoms with Crippen LogP contribution in [0.15, 0.2) is 42.5 Å². The highest BCUT2D eigenvalue weighted by Gasteiger charge is 2.25. The summed E-state index contributed by atoms with van der Waals surface area (Å²) in [5, 5.41) is 0.525. The summed E-state index contributed by atoms with van der Waals surface area (Å²) >= 11 is 6.04. The maximum Gasteiger partial charge on any atom is 0.260 e. The Morgan fingerprint density at radius 1 is 1.04 bits per heavy atom. The second-order valence-corrected chi connectivity index (χ2v) is 6.84. The Morgan fingerprint density at radius 2 is 1.78 bits per heavy atom. The standard InChI is InChI=1S/C21H20ClNO4/c1-27-17-8-4-14(5-9-17)21(26)23-12-2-3-19(24)18-10-7-16(22)13-15(18)6-11-20(23)25/h4-5,7-10,13H,2-3,6,11-12H2,1H3. The summed E-state index contributed by atoms with van der Waals surface area (Å²) in [6.07, 6.45) is 1.21. The van der Waals surface area contributed by atoms with Crippen LogP contribution in [0.2, 0.25) is 5.02 Å². The maximum absolute atomic E-state index is 12.8. The van der Waals surface area contributed by atoms with Crippen molar-refractivity contribution in [3.63, 3.8) is 0 Å². The van der Waals surface area contributed by atoms with Gasteiger partial charge in [-0.15, -0.1) is 0 Å². The summed E-state index contributed by atoms with van der Waals surface area (Å²) in [5.41, 5.74) is 1.78. The number of Topliss-reactive ketones (excluding diaryl/α,β-unsaturated/α-hetero) is 1. The van der Waals surface area contributed by atoms with E-state index in [4.69, 9.17) is 16.3 Å². The second kappa shape index (κ2) is 8.35. The zero-order valence-electron chi connectivity index (χ0n) is 15.0. The van der Waals surface area contributed by atoms with Gasteiger partial charge in [-0.3, -0.25) is 19.3 Å². The molecule has 0 bridgehead atoms. The van der Waals surface area contributed by atoms with E-state index in [0.717, 1.165) is 5.56 Å². The smallest absolute Gasteiger partial charge is 0.260 e. The van der Waals surface area contributed by atoms with Gasteiger partial charge in [-0.2, -0.15) is 0 Å². The molecule has 0 fully saturated rings. The lowest BCUT2D eigenvalue weighted by atomic mass is 9.96. The van der Waals surface area contributed by atoms with Gasteiger partial charge in [0.1, 0.15) is 5.75 Å². The SMILES string of the molecule is COc1ccc(C(=O)N2CCCC(=O)c3ccc(Cl)cc3CCC2=O)cc1. The average Bonchev–Trinajstić information content (AvgIpc) is 2.68. The molecule has 0 aliphatic carbocycles. The largest absolute Gasteiger partial charge is 0.497 e. The Balaban J connectivity index is 1.83. The third kappa shape index (κ3) is 4.37. The number of hydrogen-bond donors (Lipinski definition) is 0. The predicted molar refractivity (Wildman–Crippen MR) is 102 cm³/mol. The van der Waals surface area contributed by atoms with Crippen LogP contribution in [0.3, 0.4) is 0 Å². The Hall–Kier alpha value is -2.66. The molecule has 0 atom stereocenters. The van der Waals surface area contributed by atoms with E-state index in [9.17, 15) is 14.4 Å². The van der Waals surface area contributed by atoms with Crippen LogP contribution in [0, 0.1) is 0 Å². The van der Waals surface area contributed by atoms with E-state index in [1.54, 1.807) is 49.6 Å². The number of amides is 2. The normalized spacial score (nSPS) is 15.3. The molecule has 0 spiro atoms. The van der Waals surface area contributed by atoms with Gasteiger partial charge in [0.05, 0.1) is 7.11 Å². The molecule has 2 amide bonds. The number of benzene rings is 2. The van der Waals surface area contributed by atoms with Crippen molar-refractivity contribution in [3.05, 3.63) is 64.2 Å². The van der Waals surface area contributed by atoms with Crippen LogP contribution >= 0.6 is 11.6 Å². The van der Waals surface area contributed by atoms with Crippen LogP contribution in [0.4, 0.5) is 0 Å². The first-order chi connectivity index (χ1) is 13.0.